The van der Waals surface area contributed by atoms with Gasteiger partial charge in [-0.1, -0.05) is 0 Å². The lowest BCUT2D eigenvalue weighted by molar-refractivity contribution is 0.601. The summed E-state index contributed by atoms with van der Waals surface area (Å²) >= 11 is 1.89. The van der Waals surface area contributed by atoms with Crippen molar-refractivity contribution in [3.63, 3.8) is 0 Å². The molecule has 90 valence electrons. The number of pyridine rings is 1. The van der Waals surface area contributed by atoms with Crippen LogP contribution in [0.15, 0.2) is 30.6 Å². The third-order valence-electron chi connectivity index (χ3n) is 3.07. The van der Waals surface area contributed by atoms with Crippen LogP contribution in [-0.4, -0.2) is 12.0 Å². The zero-order chi connectivity index (χ0) is 12.3. The largest absolute Gasteiger partial charge is 0.312 e. The predicted molar refractivity (Wildman–Crippen MR) is 73.5 cm³/mol. The van der Waals surface area contributed by atoms with Crippen LogP contribution < -0.4 is 5.32 Å². The Kier molecular flexibility index (Phi) is 3.92. The zero-order valence-electron chi connectivity index (χ0n) is 10.5. The van der Waals surface area contributed by atoms with Crippen molar-refractivity contribution in [1.82, 2.24) is 10.3 Å². The average molecular weight is 246 g/mol. The van der Waals surface area contributed by atoms with Crippen LogP contribution in [0.2, 0.25) is 0 Å². The minimum atomic E-state index is 0.398. The first-order valence-corrected chi connectivity index (χ1v) is 6.65. The van der Waals surface area contributed by atoms with Crippen LogP contribution in [0.4, 0.5) is 0 Å². The molecule has 2 aromatic heterocycles. The fourth-order valence-corrected chi connectivity index (χ4v) is 3.03. The first-order valence-electron chi connectivity index (χ1n) is 5.84. The Labute approximate surface area is 107 Å². The molecule has 0 aliphatic heterocycles. The molecule has 0 aliphatic carbocycles. The number of nitrogens with zero attached hydrogens (tertiary/aromatic N) is 1. The molecule has 17 heavy (non-hydrogen) atoms. The van der Waals surface area contributed by atoms with Crippen LogP contribution in [0.5, 0.6) is 0 Å². The highest BCUT2D eigenvalue weighted by Crippen LogP contribution is 2.28. The molecule has 2 aromatic rings. The zero-order valence-corrected chi connectivity index (χ0v) is 11.3. The van der Waals surface area contributed by atoms with Crippen molar-refractivity contribution in [2.45, 2.75) is 26.3 Å². The van der Waals surface area contributed by atoms with E-state index >= 15 is 0 Å². The van der Waals surface area contributed by atoms with Crippen LogP contribution in [0.1, 0.15) is 26.9 Å². The van der Waals surface area contributed by atoms with Gasteiger partial charge in [-0.15, -0.1) is 11.3 Å². The van der Waals surface area contributed by atoms with Gasteiger partial charge in [-0.25, -0.2) is 0 Å². The minimum Gasteiger partial charge on any atom is -0.312 e. The summed E-state index contributed by atoms with van der Waals surface area (Å²) < 4.78 is 0. The summed E-state index contributed by atoms with van der Waals surface area (Å²) in [5, 5.41) is 3.40. The number of nitrogens with one attached hydrogen (secondary N) is 1. The molecule has 2 rings (SSSR count). The number of hydrogen-bond donors (Lipinski definition) is 1. The maximum absolute atomic E-state index is 4.05. The van der Waals surface area contributed by atoms with Gasteiger partial charge in [0.25, 0.3) is 0 Å². The highest BCUT2D eigenvalue weighted by Gasteiger charge is 2.13. The van der Waals surface area contributed by atoms with Gasteiger partial charge in [0, 0.05) is 28.2 Å². The van der Waals surface area contributed by atoms with Crippen LogP contribution >= 0.6 is 11.3 Å². The van der Waals surface area contributed by atoms with Gasteiger partial charge in [0.2, 0.25) is 0 Å². The monoisotopic (exact) mass is 246 g/mol. The molecule has 0 aromatic carbocycles. The highest BCUT2D eigenvalue weighted by molar-refractivity contribution is 7.12. The van der Waals surface area contributed by atoms with Gasteiger partial charge in [0.05, 0.1) is 0 Å². The highest BCUT2D eigenvalue weighted by atomic mass is 32.1. The summed E-state index contributed by atoms with van der Waals surface area (Å²) in [7, 11) is 2.02. The predicted octanol–water partition coefficient (Wildman–Crippen LogP) is 3.26. The number of rotatable bonds is 4. The molecule has 0 amide bonds. The third kappa shape index (κ3) is 2.93. The summed E-state index contributed by atoms with van der Waals surface area (Å²) in [4.78, 5) is 6.88. The Balaban J connectivity index is 2.17. The van der Waals surface area contributed by atoms with E-state index in [0.29, 0.717) is 6.04 Å². The fraction of sp³-hybridized carbons (Fsp3) is 0.357. The van der Waals surface area contributed by atoms with Gasteiger partial charge in [-0.3, -0.25) is 4.98 Å². The van der Waals surface area contributed by atoms with Gasteiger partial charge in [0.1, 0.15) is 0 Å². The van der Waals surface area contributed by atoms with E-state index in [4.69, 9.17) is 0 Å². The molecule has 0 spiro atoms. The topological polar surface area (TPSA) is 24.9 Å². The molecule has 0 fully saturated rings. The lowest BCUT2D eigenvalue weighted by Gasteiger charge is -2.14. The van der Waals surface area contributed by atoms with Crippen molar-refractivity contribution in [1.29, 1.82) is 0 Å². The Bertz CT molecular complexity index is 457. The molecule has 1 N–H and O–H groups in total. The summed E-state index contributed by atoms with van der Waals surface area (Å²) in [6, 6.07) is 6.85. The van der Waals surface area contributed by atoms with E-state index in [-0.39, 0.29) is 0 Å². The lowest BCUT2D eigenvalue weighted by Crippen LogP contribution is -2.17. The molecular formula is C14H18N2S. The molecule has 2 heterocycles. The van der Waals surface area contributed by atoms with Crippen molar-refractivity contribution in [3.8, 4) is 0 Å². The number of likely N-dealkylation sites (N-methyl/N-ethyl adjacent to an activating group) is 1. The van der Waals surface area contributed by atoms with Gasteiger partial charge in [0.15, 0.2) is 0 Å². The minimum absolute atomic E-state index is 0.398. The van der Waals surface area contributed by atoms with Crippen molar-refractivity contribution in [3.05, 3.63) is 51.5 Å². The summed E-state index contributed by atoms with van der Waals surface area (Å²) in [5.74, 6) is 0. The Morgan fingerprint density at radius 1 is 1.29 bits per heavy atom. The van der Waals surface area contributed by atoms with E-state index < -0.39 is 0 Å². The van der Waals surface area contributed by atoms with Crippen molar-refractivity contribution >= 4 is 11.3 Å². The molecule has 1 unspecified atom stereocenters. The number of thiophene rings is 1. The molecular weight excluding hydrogens is 228 g/mol. The number of aromatic nitrogens is 1. The Morgan fingerprint density at radius 3 is 2.53 bits per heavy atom. The smallest absolute Gasteiger partial charge is 0.0453 e. The van der Waals surface area contributed by atoms with Gasteiger partial charge >= 0.3 is 0 Å². The second-order valence-electron chi connectivity index (χ2n) is 4.29. The van der Waals surface area contributed by atoms with E-state index in [1.165, 1.54) is 20.9 Å². The second kappa shape index (κ2) is 5.43. The molecule has 1 atom stereocenters. The molecule has 3 heteroatoms. The number of aryl methyl sites for hydroxylation is 2. The van der Waals surface area contributed by atoms with Gasteiger partial charge < -0.3 is 5.32 Å². The van der Waals surface area contributed by atoms with Crippen LogP contribution in [0.25, 0.3) is 0 Å². The molecule has 0 aliphatic rings. The third-order valence-corrected chi connectivity index (χ3v) is 4.33. The first-order chi connectivity index (χ1) is 8.20. The second-order valence-corrected chi connectivity index (χ2v) is 5.58. The summed E-state index contributed by atoms with van der Waals surface area (Å²) in [6.45, 7) is 4.36. The van der Waals surface area contributed by atoms with E-state index in [1.807, 2.05) is 30.8 Å². The Hall–Kier alpha value is -1.19. The van der Waals surface area contributed by atoms with Crippen molar-refractivity contribution < 1.29 is 0 Å². The molecule has 2 nitrogen and oxygen atoms in total. The van der Waals surface area contributed by atoms with Gasteiger partial charge in [-0.2, -0.15) is 0 Å². The maximum Gasteiger partial charge on any atom is 0.0453 e. The van der Waals surface area contributed by atoms with Crippen molar-refractivity contribution in [2.75, 3.05) is 7.05 Å². The molecule has 0 saturated heterocycles. The van der Waals surface area contributed by atoms with Crippen molar-refractivity contribution in [2.24, 2.45) is 0 Å². The van der Waals surface area contributed by atoms with E-state index in [0.717, 1.165) is 6.42 Å². The average Bonchev–Trinajstić information content (AvgIpc) is 2.68. The van der Waals surface area contributed by atoms with Crippen LogP contribution in [-0.2, 0) is 6.42 Å². The van der Waals surface area contributed by atoms with E-state index in [1.54, 1.807) is 0 Å². The molecule has 0 radical (unpaired) electrons. The number of hydrogen-bond acceptors (Lipinski definition) is 3. The molecule has 0 bridgehead atoms. The Morgan fingerprint density at radius 2 is 2.00 bits per heavy atom. The summed E-state index contributed by atoms with van der Waals surface area (Å²) in [6.07, 6.45) is 4.72. The van der Waals surface area contributed by atoms with Crippen LogP contribution in [0.3, 0.4) is 0 Å². The molecule has 0 saturated carbocycles. The quantitative estimate of drug-likeness (QED) is 0.895. The normalized spacial score (nSPS) is 12.6. The lowest BCUT2D eigenvalue weighted by atomic mass is 10.1. The SMILES string of the molecule is CNC(Cc1ccncc1)c1cc(C)c(C)s1. The van der Waals surface area contributed by atoms with E-state index in [9.17, 15) is 0 Å². The maximum atomic E-state index is 4.05. The standard InChI is InChI=1S/C14H18N2S/c1-10-8-14(17-11(10)2)13(15-3)9-12-4-6-16-7-5-12/h4-8,13,15H,9H2,1-3H3. The van der Waals surface area contributed by atoms with Crippen LogP contribution in [0, 0.1) is 13.8 Å². The summed E-state index contributed by atoms with van der Waals surface area (Å²) in [5.41, 5.74) is 2.71. The van der Waals surface area contributed by atoms with Gasteiger partial charge in [-0.05, 0) is 56.6 Å². The van der Waals surface area contributed by atoms with E-state index in [2.05, 4.69) is 42.3 Å². The first kappa shape index (κ1) is 12.3. The fourth-order valence-electron chi connectivity index (χ4n) is 1.87.